The Labute approximate surface area is 134 Å². The van der Waals surface area contributed by atoms with E-state index in [1.807, 2.05) is 40.9 Å². The van der Waals surface area contributed by atoms with Gasteiger partial charge in [-0.05, 0) is 23.3 Å². The summed E-state index contributed by atoms with van der Waals surface area (Å²) in [6.07, 6.45) is 9.39. The summed E-state index contributed by atoms with van der Waals surface area (Å²) in [5.41, 5.74) is 3.41. The van der Waals surface area contributed by atoms with Gasteiger partial charge in [0.1, 0.15) is 12.4 Å². The van der Waals surface area contributed by atoms with Crippen LogP contribution in [0.1, 0.15) is 5.56 Å². The first kappa shape index (κ1) is 13.7. The highest BCUT2D eigenvalue weighted by Crippen LogP contribution is 2.23. The second-order valence-electron chi connectivity index (χ2n) is 5.84. The van der Waals surface area contributed by atoms with Crippen molar-refractivity contribution in [3.05, 3.63) is 66.4 Å². The number of likely N-dealkylation sites (tertiary alicyclic amines) is 1. The smallest absolute Gasteiger partial charge is 0.296 e. The molecular weight excluding hydrogens is 288 g/mol. The number of carbonyl (C=O) groups is 1. The molecule has 0 bridgehead atoms. The summed E-state index contributed by atoms with van der Waals surface area (Å²) in [5, 5.41) is 1.14. The van der Waals surface area contributed by atoms with Gasteiger partial charge in [-0.25, -0.2) is 9.36 Å². The molecule has 1 aliphatic heterocycles. The highest BCUT2D eigenvalue weighted by molar-refractivity contribution is 5.89. The Bertz CT molecular complexity index is 912. The Kier molecular flexibility index (Phi) is 3.19. The molecule has 114 valence electrons. The molecular formula is C18H17N4O+. The van der Waals surface area contributed by atoms with Gasteiger partial charge in [0.05, 0.1) is 12.6 Å². The fourth-order valence-electron chi connectivity index (χ4n) is 2.87. The van der Waals surface area contributed by atoms with Crippen LogP contribution in [0.3, 0.4) is 0 Å². The van der Waals surface area contributed by atoms with Crippen LogP contribution in [0.25, 0.3) is 17.0 Å². The molecule has 3 aromatic rings. The number of hydrogen-bond acceptors (Lipinski definition) is 2. The molecule has 0 unspecified atom stereocenters. The van der Waals surface area contributed by atoms with Crippen LogP contribution in [-0.4, -0.2) is 33.6 Å². The van der Waals surface area contributed by atoms with E-state index in [1.54, 1.807) is 23.3 Å². The molecule has 0 atom stereocenters. The molecule has 3 heterocycles. The Balaban J connectivity index is 1.53. The standard InChI is InChI=1S/C18H17N4O/c1-20-8-9-21(13-20)18(23)22-11-14(12-22)10-15-4-2-6-17-16(15)5-3-7-19-17/h2-10,13H,11-12H2,1H3/q+1. The molecule has 0 saturated carbocycles. The average Bonchev–Trinajstić information content (AvgIpc) is 2.96. The van der Waals surface area contributed by atoms with Crippen molar-refractivity contribution in [1.29, 1.82) is 0 Å². The molecule has 0 spiro atoms. The normalized spacial score (nSPS) is 14.0. The summed E-state index contributed by atoms with van der Waals surface area (Å²) in [7, 11) is 1.90. The Morgan fingerprint density at radius 1 is 1.26 bits per heavy atom. The lowest BCUT2D eigenvalue weighted by Crippen LogP contribution is -2.46. The third kappa shape index (κ3) is 2.50. The highest BCUT2D eigenvalue weighted by Gasteiger charge is 2.29. The van der Waals surface area contributed by atoms with Crippen LogP contribution in [0.2, 0.25) is 0 Å². The van der Waals surface area contributed by atoms with Gasteiger partial charge in [0.15, 0.2) is 0 Å². The topological polar surface area (TPSA) is 42.0 Å². The summed E-state index contributed by atoms with van der Waals surface area (Å²) >= 11 is 0. The molecule has 5 nitrogen and oxygen atoms in total. The largest absolute Gasteiger partial charge is 0.416 e. The number of aryl methyl sites for hydroxylation is 1. The summed E-state index contributed by atoms with van der Waals surface area (Å²) in [6.45, 7) is 1.36. The zero-order valence-corrected chi connectivity index (χ0v) is 12.9. The third-order valence-corrected chi connectivity index (χ3v) is 4.09. The lowest BCUT2D eigenvalue weighted by molar-refractivity contribution is -0.670. The summed E-state index contributed by atoms with van der Waals surface area (Å²) in [5.74, 6) is 0. The molecule has 1 fully saturated rings. The van der Waals surface area contributed by atoms with Crippen molar-refractivity contribution in [3.63, 3.8) is 0 Å². The van der Waals surface area contributed by atoms with Crippen LogP contribution in [0.4, 0.5) is 4.79 Å². The highest BCUT2D eigenvalue weighted by atomic mass is 16.2. The summed E-state index contributed by atoms with van der Waals surface area (Å²) < 4.78 is 3.47. The number of aromatic nitrogens is 3. The first-order chi connectivity index (χ1) is 11.2. The number of nitrogens with zero attached hydrogens (tertiary/aromatic N) is 4. The van der Waals surface area contributed by atoms with Crippen LogP contribution < -0.4 is 4.57 Å². The molecule has 2 aromatic heterocycles. The van der Waals surface area contributed by atoms with E-state index in [0.29, 0.717) is 13.1 Å². The molecule has 1 saturated heterocycles. The maximum Gasteiger partial charge on any atom is 0.416 e. The van der Waals surface area contributed by atoms with Crippen molar-refractivity contribution in [3.8, 4) is 0 Å². The number of benzene rings is 1. The molecule has 1 aliphatic rings. The summed E-state index contributed by atoms with van der Waals surface area (Å²) in [6, 6.07) is 10.2. The molecule has 0 N–H and O–H groups in total. The minimum atomic E-state index is 0.0161. The first-order valence-corrected chi connectivity index (χ1v) is 7.56. The van der Waals surface area contributed by atoms with Crippen LogP contribution in [0.15, 0.2) is 60.8 Å². The van der Waals surface area contributed by atoms with Crippen molar-refractivity contribution in [2.24, 2.45) is 7.05 Å². The van der Waals surface area contributed by atoms with E-state index in [0.717, 1.165) is 16.5 Å². The quantitative estimate of drug-likeness (QED) is 0.647. The first-order valence-electron chi connectivity index (χ1n) is 7.56. The second-order valence-corrected chi connectivity index (χ2v) is 5.84. The lowest BCUT2D eigenvalue weighted by atomic mass is 10.0. The molecule has 1 amide bonds. The number of fused-ring (bicyclic) bond motifs is 1. The number of carbonyl (C=O) groups excluding carboxylic acids is 1. The van der Waals surface area contributed by atoms with Crippen molar-refractivity contribution < 1.29 is 9.36 Å². The second kappa shape index (κ2) is 5.35. The van der Waals surface area contributed by atoms with Crippen molar-refractivity contribution in [2.45, 2.75) is 0 Å². The predicted molar refractivity (Wildman–Crippen MR) is 87.7 cm³/mol. The van der Waals surface area contributed by atoms with E-state index in [9.17, 15) is 4.79 Å². The molecule has 4 rings (SSSR count). The fourth-order valence-corrected chi connectivity index (χ4v) is 2.87. The summed E-state index contributed by atoms with van der Waals surface area (Å²) in [4.78, 5) is 18.5. The molecule has 5 heteroatoms. The van der Waals surface area contributed by atoms with Gasteiger partial charge in [0.2, 0.25) is 0 Å². The van der Waals surface area contributed by atoms with Crippen LogP contribution in [0, 0.1) is 0 Å². The zero-order chi connectivity index (χ0) is 15.8. The van der Waals surface area contributed by atoms with Gasteiger partial charge < -0.3 is 0 Å². The molecule has 0 aliphatic carbocycles. The van der Waals surface area contributed by atoms with Crippen LogP contribution >= 0.6 is 0 Å². The van der Waals surface area contributed by atoms with E-state index < -0.39 is 0 Å². The van der Waals surface area contributed by atoms with Crippen LogP contribution in [0.5, 0.6) is 0 Å². The number of imidazole rings is 1. The Hall–Kier alpha value is -2.95. The van der Waals surface area contributed by atoms with Gasteiger partial charge >= 0.3 is 6.03 Å². The number of rotatable bonds is 1. The molecule has 1 aromatic carbocycles. The van der Waals surface area contributed by atoms with Gasteiger partial charge in [0, 0.05) is 24.7 Å². The third-order valence-electron chi connectivity index (χ3n) is 4.09. The van der Waals surface area contributed by atoms with Gasteiger partial charge in [-0.2, -0.15) is 4.57 Å². The van der Waals surface area contributed by atoms with Gasteiger partial charge in [-0.1, -0.05) is 24.3 Å². The van der Waals surface area contributed by atoms with Crippen molar-refractivity contribution in [1.82, 2.24) is 14.5 Å². The average molecular weight is 305 g/mol. The van der Waals surface area contributed by atoms with Gasteiger partial charge in [-0.3, -0.25) is 9.88 Å². The Morgan fingerprint density at radius 2 is 2.13 bits per heavy atom. The number of amides is 1. The fraction of sp³-hybridized carbons (Fsp3) is 0.167. The van der Waals surface area contributed by atoms with Crippen molar-refractivity contribution in [2.75, 3.05) is 13.1 Å². The zero-order valence-electron chi connectivity index (χ0n) is 12.9. The number of pyridine rings is 1. The maximum atomic E-state index is 12.3. The predicted octanol–water partition coefficient (Wildman–Crippen LogP) is 2.23. The lowest BCUT2D eigenvalue weighted by Gasteiger charge is -2.31. The minimum absolute atomic E-state index is 0.0161. The van der Waals surface area contributed by atoms with E-state index in [-0.39, 0.29) is 6.03 Å². The van der Waals surface area contributed by atoms with E-state index in [4.69, 9.17) is 0 Å². The molecule has 0 radical (unpaired) electrons. The maximum absolute atomic E-state index is 12.3. The van der Waals surface area contributed by atoms with Crippen molar-refractivity contribution >= 4 is 23.0 Å². The Morgan fingerprint density at radius 3 is 2.91 bits per heavy atom. The van der Waals surface area contributed by atoms with E-state index in [1.165, 1.54) is 5.57 Å². The van der Waals surface area contributed by atoms with Gasteiger partial charge in [0.25, 0.3) is 6.33 Å². The minimum Gasteiger partial charge on any atom is -0.296 e. The van der Waals surface area contributed by atoms with E-state index in [2.05, 4.69) is 23.2 Å². The van der Waals surface area contributed by atoms with E-state index >= 15 is 0 Å². The van der Waals surface area contributed by atoms with Crippen LogP contribution in [-0.2, 0) is 7.05 Å². The number of hydrogen-bond donors (Lipinski definition) is 0. The molecule has 23 heavy (non-hydrogen) atoms. The SMILES string of the molecule is C[n+]1ccn(C(=O)N2CC(=Cc3cccc4ncccc34)C2)c1. The monoisotopic (exact) mass is 305 g/mol. The van der Waals surface area contributed by atoms with Gasteiger partial charge in [-0.15, -0.1) is 0 Å².